The van der Waals surface area contributed by atoms with Crippen LogP contribution in [0.15, 0.2) is 77.9 Å². The Bertz CT molecular complexity index is 1510. The van der Waals surface area contributed by atoms with Crippen molar-refractivity contribution in [2.45, 2.75) is 12.8 Å². The highest BCUT2D eigenvalue weighted by atomic mass is 127. The summed E-state index contributed by atoms with van der Waals surface area (Å²) in [5.74, 6) is 0.160. The minimum atomic E-state index is 0.0698. The third kappa shape index (κ3) is 5.11. The zero-order chi connectivity index (χ0) is 25.2. The fraction of sp³-hybridized carbons (Fsp3) is 0.115. The number of fused-ring (bicyclic) bond motifs is 1. The molecule has 1 heterocycles. The largest absolute Gasteiger partial charge is 0.505 e. The Morgan fingerprint density at radius 2 is 1.64 bits per heavy atom. The molecule has 0 radical (unpaired) electrons. The highest BCUT2D eigenvalue weighted by Crippen LogP contribution is 2.37. The summed E-state index contributed by atoms with van der Waals surface area (Å²) in [6.07, 6.45) is 8.90. The molecule has 0 unspecified atom stereocenters. The monoisotopic (exact) mass is 704 g/mol. The summed E-state index contributed by atoms with van der Waals surface area (Å²) in [6.45, 7) is 0. The fourth-order valence-electron chi connectivity index (χ4n) is 3.96. The van der Waals surface area contributed by atoms with Gasteiger partial charge in [-0.2, -0.15) is 10.2 Å². The molecule has 182 valence electrons. The van der Waals surface area contributed by atoms with Gasteiger partial charge in [-0.1, -0.05) is 30.4 Å². The minimum Gasteiger partial charge on any atom is -0.505 e. The second kappa shape index (κ2) is 10.6. The van der Waals surface area contributed by atoms with E-state index >= 15 is 0 Å². The smallest absolute Gasteiger partial charge is 0.146 e. The van der Waals surface area contributed by atoms with E-state index in [2.05, 4.69) is 65.9 Å². The molecule has 0 aliphatic heterocycles. The second-order valence-corrected chi connectivity index (χ2v) is 10.6. The number of hydrogen-bond acceptors (Lipinski definition) is 7. The Morgan fingerprint density at radius 1 is 0.972 bits per heavy atom. The van der Waals surface area contributed by atoms with E-state index in [1.165, 1.54) is 4.80 Å². The van der Waals surface area contributed by atoms with Crippen LogP contribution in [0.25, 0.3) is 16.7 Å². The zero-order valence-corrected chi connectivity index (χ0v) is 23.5. The Morgan fingerprint density at radius 3 is 2.28 bits per heavy atom. The first-order valence-corrected chi connectivity index (χ1v) is 13.3. The highest BCUT2D eigenvalue weighted by molar-refractivity contribution is 14.1. The van der Waals surface area contributed by atoms with Crippen LogP contribution in [0, 0.1) is 7.14 Å². The van der Waals surface area contributed by atoms with Crippen LogP contribution in [0.5, 0.6) is 11.5 Å². The lowest BCUT2D eigenvalue weighted by molar-refractivity contribution is 0.457. The highest BCUT2D eigenvalue weighted by Gasteiger charge is 2.19. The lowest BCUT2D eigenvalue weighted by Gasteiger charge is -2.22. The molecule has 36 heavy (non-hydrogen) atoms. The summed E-state index contributed by atoms with van der Waals surface area (Å²) in [4.78, 5) is 1.46. The molecule has 0 saturated carbocycles. The molecule has 0 amide bonds. The third-order valence-corrected chi connectivity index (χ3v) is 6.93. The minimum absolute atomic E-state index is 0.0698. The number of nitrogens with zero attached hydrogens (tertiary/aromatic N) is 5. The first-order chi connectivity index (χ1) is 17.4. The molecule has 10 heteroatoms. The quantitative estimate of drug-likeness (QED) is 0.183. The van der Waals surface area contributed by atoms with Crippen LogP contribution in [0.1, 0.15) is 17.5 Å². The number of benzene rings is 3. The number of phenolic OH excluding ortho intramolecular Hbond substituents is 2. The molecule has 0 spiro atoms. The van der Waals surface area contributed by atoms with Gasteiger partial charge in [0.1, 0.15) is 33.9 Å². The standard InChI is InChI=1S/C26H22I2N6O2/c1-29-33(30-20-7-3-2-4-8-20)23-14-18(27)12-16(25(23)35)11-17-13-19(28)15-24(26(17)36)34-31-21-9-5-6-10-22(21)32-34/h2-7,9-10,12-15,29,35-36H,8,11H2,1H3/b30-20-. The summed E-state index contributed by atoms with van der Waals surface area (Å²) < 4.78 is 1.85. The number of hydrazone groups is 1. The van der Waals surface area contributed by atoms with E-state index in [4.69, 9.17) is 0 Å². The van der Waals surface area contributed by atoms with Crippen molar-refractivity contribution in [1.82, 2.24) is 20.4 Å². The van der Waals surface area contributed by atoms with Gasteiger partial charge in [0.25, 0.3) is 0 Å². The van der Waals surface area contributed by atoms with Gasteiger partial charge in [0.15, 0.2) is 0 Å². The van der Waals surface area contributed by atoms with Crippen molar-refractivity contribution in [2.24, 2.45) is 5.10 Å². The Hall–Kier alpha value is -2.97. The topological polar surface area (TPSA) is 98.8 Å². The molecule has 0 atom stereocenters. The average Bonchev–Trinajstić information content (AvgIpc) is 3.31. The van der Waals surface area contributed by atoms with E-state index in [-0.39, 0.29) is 11.5 Å². The van der Waals surface area contributed by atoms with Gasteiger partial charge in [-0.05, 0) is 87.7 Å². The van der Waals surface area contributed by atoms with E-state index in [0.717, 1.165) is 23.9 Å². The number of phenols is 2. The van der Waals surface area contributed by atoms with E-state index in [9.17, 15) is 10.2 Å². The molecule has 1 aliphatic rings. The van der Waals surface area contributed by atoms with E-state index in [1.807, 2.05) is 72.8 Å². The molecule has 3 N–H and O–H groups in total. The van der Waals surface area contributed by atoms with Gasteiger partial charge in [-0.25, -0.2) is 5.43 Å². The Balaban J connectivity index is 1.53. The normalized spacial score (nSPS) is 14.1. The Kier molecular flexibility index (Phi) is 7.25. The summed E-state index contributed by atoms with van der Waals surface area (Å²) in [5, 5.41) is 37.7. The number of halogens is 2. The van der Waals surface area contributed by atoms with Crippen molar-refractivity contribution in [1.29, 1.82) is 0 Å². The van der Waals surface area contributed by atoms with Crippen LogP contribution in [0.2, 0.25) is 0 Å². The van der Waals surface area contributed by atoms with Gasteiger partial charge in [-0.3, -0.25) is 0 Å². The van der Waals surface area contributed by atoms with Crippen molar-refractivity contribution in [3.8, 4) is 17.2 Å². The Labute approximate surface area is 235 Å². The molecule has 8 nitrogen and oxygen atoms in total. The maximum absolute atomic E-state index is 11.2. The fourth-order valence-corrected chi connectivity index (χ4v) is 5.31. The first-order valence-electron chi connectivity index (χ1n) is 11.2. The van der Waals surface area contributed by atoms with Crippen LogP contribution in [-0.2, 0) is 6.42 Å². The molecular formula is C26H22I2N6O2. The summed E-state index contributed by atoms with van der Waals surface area (Å²) >= 11 is 4.44. The van der Waals surface area contributed by atoms with Gasteiger partial charge in [-0.15, -0.1) is 15.0 Å². The van der Waals surface area contributed by atoms with Gasteiger partial charge < -0.3 is 10.2 Å². The molecule has 0 fully saturated rings. The van der Waals surface area contributed by atoms with Crippen LogP contribution in [0.3, 0.4) is 0 Å². The van der Waals surface area contributed by atoms with Gasteiger partial charge in [0.05, 0.1) is 5.71 Å². The van der Waals surface area contributed by atoms with Crippen LogP contribution >= 0.6 is 45.2 Å². The third-order valence-electron chi connectivity index (χ3n) is 5.68. The maximum atomic E-state index is 11.2. The lowest BCUT2D eigenvalue weighted by Crippen LogP contribution is -2.31. The van der Waals surface area contributed by atoms with Gasteiger partial charge in [0, 0.05) is 38.2 Å². The SMILES string of the molecule is CNN(/N=C1/C=CC=CC1)c1cc(I)cc(Cc2cc(I)cc(-n3nc4ccccc4n3)c2O)c1O. The number of hydrogen-bond donors (Lipinski definition) is 3. The molecule has 1 aliphatic carbocycles. The summed E-state index contributed by atoms with van der Waals surface area (Å²) in [6, 6.07) is 15.1. The maximum Gasteiger partial charge on any atom is 0.146 e. The van der Waals surface area contributed by atoms with Crippen molar-refractivity contribution in [2.75, 3.05) is 12.2 Å². The van der Waals surface area contributed by atoms with Crippen LogP contribution in [-0.4, -0.2) is 38.0 Å². The molecule has 0 bridgehead atoms. The van der Waals surface area contributed by atoms with Gasteiger partial charge in [0.2, 0.25) is 0 Å². The molecule has 3 aromatic carbocycles. The number of hydrazine groups is 1. The van der Waals surface area contributed by atoms with Crippen molar-refractivity contribution < 1.29 is 10.2 Å². The first kappa shape index (κ1) is 24.7. The van der Waals surface area contributed by atoms with Crippen molar-refractivity contribution >= 4 is 67.6 Å². The molecular weight excluding hydrogens is 682 g/mol. The van der Waals surface area contributed by atoms with Crippen molar-refractivity contribution in [3.63, 3.8) is 0 Å². The van der Waals surface area contributed by atoms with E-state index in [1.54, 1.807) is 12.2 Å². The average molecular weight is 704 g/mol. The van der Waals surface area contributed by atoms with Gasteiger partial charge >= 0.3 is 0 Å². The molecule has 1 aromatic heterocycles. The molecule has 0 saturated heterocycles. The summed E-state index contributed by atoms with van der Waals surface area (Å²) in [5.41, 5.74) is 7.73. The van der Waals surface area contributed by atoms with E-state index in [0.29, 0.717) is 35.3 Å². The predicted molar refractivity (Wildman–Crippen MR) is 159 cm³/mol. The number of rotatable bonds is 6. The molecule has 4 aromatic rings. The zero-order valence-electron chi connectivity index (χ0n) is 19.2. The lowest BCUT2D eigenvalue weighted by atomic mass is 10.0. The predicted octanol–water partition coefficient (Wildman–Crippen LogP) is 5.44. The number of nitrogens with one attached hydrogen (secondary N) is 1. The number of aromatic nitrogens is 3. The van der Waals surface area contributed by atoms with Crippen LogP contribution < -0.4 is 10.5 Å². The van der Waals surface area contributed by atoms with Crippen molar-refractivity contribution in [3.05, 3.63) is 91.1 Å². The van der Waals surface area contributed by atoms with Crippen LogP contribution in [0.4, 0.5) is 5.69 Å². The number of allylic oxidation sites excluding steroid dienone is 4. The number of anilines is 1. The number of aromatic hydroxyl groups is 2. The molecule has 5 rings (SSSR count). The van der Waals surface area contributed by atoms with E-state index < -0.39 is 0 Å². The second-order valence-electron chi connectivity index (χ2n) is 8.14. The summed E-state index contributed by atoms with van der Waals surface area (Å²) in [7, 11) is 1.75.